The van der Waals surface area contributed by atoms with Crippen LogP contribution in [-0.2, 0) is 4.79 Å². The van der Waals surface area contributed by atoms with Gasteiger partial charge in [0.15, 0.2) is 6.10 Å². The highest BCUT2D eigenvalue weighted by atomic mass is 35.5. The first-order valence-electron chi connectivity index (χ1n) is 7.74. The molecule has 0 aliphatic heterocycles. The number of nitrogens with one attached hydrogen (secondary N) is 2. The minimum atomic E-state index is -0.729. The van der Waals surface area contributed by atoms with Crippen LogP contribution < -0.4 is 15.4 Å². The standard InChI is InChI=1S/C17H17Cl2N3O4/c1-11(26-16-7-2-12(18)10-15(16)19)17(23)21-9-8-20-13-3-5-14(6-4-13)22(24)25/h2-7,10-11,20H,8-9H2,1H3,(H,21,23)/t11-/m1/s1. The Bertz CT molecular complexity index is 784. The van der Waals surface area contributed by atoms with Gasteiger partial charge in [0.25, 0.3) is 11.6 Å². The van der Waals surface area contributed by atoms with Crippen LogP contribution in [0.4, 0.5) is 11.4 Å². The summed E-state index contributed by atoms with van der Waals surface area (Å²) in [5, 5.41) is 17.2. The molecular formula is C17H17Cl2N3O4. The van der Waals surface area contributed by atoms with Gasteiger partial charge in [0.2, 0.25) is 0 Å². The van der Waals surface area contributed by atoms with Gasteiger partial charge in [-0.15, -0.1) is 0 Å². The highest BCUT2D eigenvalue weighted by Gasteiger charge is 2.15. The maximum atomic E-state index is 12.0. The zero-order valence-corrected chi connectivity index (χ0v) is 15.4. The number of benzene rings is 2. The van der Waals surface area contributed by atoms with E-state index in [-0.39, 0.29) is 11.6 Å². The summed E-state index contributed by atoms with van der Waals surface area (Å²) in [4.78, 5) is 22.2. The van der Waals surface area contributed by atoms with E-state index < -0.39 is 11.0 Å². The Balaban J connectivity index is 1.74. The summed E-state index contributed by atoms with van der Waals surface area (Å²) in [5.41, 5.74) is 0.748. The Hall–Kier alpha value is -2.51. The Kier molecular flexibility index (Phi) is 7.06. The number of hydrogen-bond donors (Lipinski definition) is 2. The molecule has 2 rings (SSSR count). The number of halogens is 2. The second-order valence-electron chi connectivity index (χ2n) is 5.36. The summed E-state index contributed by atoms with van der Waals surface area (Å²) < 4.78 is 5.53. The molecule has 2 aromatic rings. The first-order valence-corrected chi connectivity index (χ1v) is 8.50. The number of anilines is 1. The van der Waals surface area contributed by atoms with Crippen molar-refractivity contribution in [2.75, 3.05) is 18.4 Å². The topological polar surface area (TPSA) is 93.5 Å². The minimum Gasteiger partial charge on any atom is -0.479 e. The predicted molar refractivity (Wildman–Crippen MR) is 101 cm³/mol. The minimum absolute atomic E-state index is 0.0238. The summed E-state index contributed by atoms with van der Waals surface area (Å²) in [6, 6.07) is 10.8. The molecule has 0 heterocycles. The quantitative estimate of drug-likeness (QED) is 0.400. The molecule has 0 bridgehead atoms. The van der Waals surface area contributed by atoms with Crippen LogP contribution in [0.15, 0.2) is 42.5 Å². The van der Waals surface area contributed by atoms with Gasteiger partial charge in [0.05, 0.1) is 9.95 Å². The van der Waals surface area contributed by atoms with Crippen molar-refractivity contribution in [3.63, 3.8) is 0 Å². The Morgan fingerprint density at radius 3 is 2.50 bits per heavy atom. The van der Waals surface area contributed by atoms with Crippen LogP contribution >= 0.6 is 23.2 Å². The molecule has 138 valence electrons. The first kappa shape index (κ1) is 19.8. The van der Waals surface area contributed by atoms with Gasteiger partial charge in [-0.25, -0.2) is 0 Å². The largest absolute Gasteiger partial charge is 0.479 e. The van der Waals surface area contributed by atoms with Gasteiger partial charge in [0.1, 0.15) is 5.75 Å². The van der Waals surface area contributed by atoms with Gasteiger partial charge >= 0.3 is 0 Å². The normalized spacial score (nSPS) is 11.5. The van der Waals surface area contributed by atoms with Crippen LogP contribution in [0.25, 0.3) is 0 Å². The number of carbonyl (C=O) groups is 1. The molecule has 9 heteroatoms. The van der Waals surface area contributed by atoms with E-state index in [1.807, 2.05) is 0 Å². The molecule has 0 aliphatic rings. The lowest BCUT2D eigenvalue weighted by Crippen LogP contribution is -2.38. The van der Waals surface area contributed by atoms with E-state index in [1.54, 1.807) is 31.2 Å². The van der Waals surface area contributed by atoms with Gasteiger partial charge in [-0.05, 0) is 37.3 Å². The molecule has 0 saturated carbocycles. The summed E-state index contributed by atoms with van der Waals surface area (Å²) in [7, 11) is 0. The van der Waals surface area contributed by atoms with Crippen molar-refractivity contribution in [3.8, 4) is 5.75 Å². The molecule has 26 heavy (non-hydrogen) atoms. The Labute approximate surface area is 160 Å². The summed E-state index contributed by atoms with van der Waals surface area (Å²) in [6.07, 6.45) is -0.729. The summed E-state index contributed by atoms with van der Waals surface area (Å²) in [6.45, 7) is 2.43. The van der Waals surface area contributed by atoms with E-state index in [9.17, 15) is 14.9 Å². The molecule has 0 spiro atoms. The lowest BCUT2D eigenvalue weighted by Gasteiger charge is -2.16. The van der Waals surface area contributed by atoms with Gasteiger partial charge in [-0.1, -0.05) is 23.2 Å². The predicted octanol–water partition coefficient (Wildman–Crippen LogP) is 3.90. The molecule has 0 fully saturated rings. The van der Waals surface area contributed by atoms with Gasteiger partial charge < -0.3 is 15.4 Å². The number of nitro benzene ring substituents is 1. The number of ether oxygens (including phenoxy) is 1. The van der Waals surface area contributed by atoms with Crippen LogP contribution in [0.3, 0.4) is 0 Å². The third-order valence-electron chi connectivity index (χ3n) is 3.40. The van der Waals surface area contributed by atoms with Crippen molar-refractivity contribution in [3.05, 3.63) is 62.6 Å². The monoisotopic (exact) mass is 397 g/mol. The maximum absolute atomic E-state index is 12.0. The van der Waals surface area contributed by atoms with Crippen molar-refractivity contribution in [2.24, 2.45) is 0 Å². The lowest BCUT2D eigenvalue weighted by molar-refractivity contribution is -0.384. The van der Waals surface area contributed by atoms with Crippen molar-refractivity contribution >= 4 is 40.5 Å². The van der Waals surface area contributed by atoms with E-state index in [4.69, 9.17) is 27.9 Å². The average Bonchev–Trinajstić information content (AvgIpc) is 2.61. The van der Waals surface area contributed by atoms with Gasteiger partial charge in [-0.2, -0.15) is 0 Å². The maximum Gasteiger partial charge on any atom is 0.269 e. The van der Waals surface area contributed by atoms with E-state index >= 15 is 0 Å². The number of amides is 1. The molecule has 7 nitrogen and oxygen atoms in total. The number of hydrogen-bond acceptors (Lipinski definition) is 5. The fourth-order valence-electron chi connectivity index (χ4n) is 2.05. The number of non-ortho nitro benzene ring substituents is 1. The third kappa shape index (κ3) is 5.79. The first-order chi connectivity index (χ1) is 12.4. The van der Waals surface area contributed by atoms with Crippen LogP contribution in [0.1, 0.15) is 6.92 Å². The fraction of sp³-hybridized carbons (Fsp3) is 0.235. The average molecular weight is 398 g/mol. The van der Waals surface area contributed by atoms with Crippen LogP contribution in [0.2, 0.25) is 10.0 Å². The smallest absolute Gasteiger partial charge is 0.269 e. The number of nitro groups is 1. The molecule has 2 N–H and O–H groups in total. The molecule has 0 aromatic heterocycles. The number of rotatable bonds is 8. The molecule has 1 atom stereocenters. The molecule has 1 amide bonds. The fourth-order valence-corrected chi connectivity index (χ4v) is 2.51. The highest BCUT2D eigenvalue weighted by molar-refractivity contribution is 6.35. The van der Waals surface area contributed by atoms with Crippen LogP contribution in [0, 0.1) is 10.1 Å². The second-order valence-corrected chi connectivity index (χ2v) is 6.20. The molecule has 0 saturated heterocycles. The van der Waals surface area contributed by atoms with Crippen LogP contribution in [-0.4, -0.2) is 30.0 Å². The number of carbonyl (C=O) groups excluding carboxylic acids is 1. The zero-order chi connectivity index (χ0) is 19.1. The van der Waals surface area contributed by atoms with Crippen LogP contribution in [0.5, 0.6) is 5.75 Å². The van der Waals surface area contributed by atoms with Gasteiger partial charge in [0, 0.05) is 35.9 Å². The molecule has 0 unspecified atom stereocenters. The molecular weight excluding hydrogens is 381 g/mol. The lowest BCUT2D eigenvalue weighted by atomic mass is 10.3. The molecule has 0 aliphatic carbocycles. The second kappa shape index (κ2) is 9.26. The van der Waals surface area contributed by atoms with E-state index in [1.165, 1.54) is 18.2 Å². The Morgan fingerprint density at radius 1 is 1.19 bits per heavy atom. The third-order valence-corrected chi connectivity index (χ3v) is 3.93. The summed E-state index contributed by atoms with van der Waals surface area (Å²) >= 11 is 11.8. The highest BCUT2D eigenvalue weighted by Crippen LogP contribution is 2.28. The molecule has 2 aromatic carbocycles. The zero-order valence-electron chi connectivity index (χ0n) is 13.9. The number of nitrogens with zero attached hydrogens (tertiary/aromatic N) is 1. The van der Waals surface area contributed by atoms with E-state index in [0.717, 1.165) is 5.69 Å². The summed E-state index contributed by atoms with van der Waals surface area (Å²) in [5.74, 6) is 0.0873. The van der Waals surface area contributed by atoms with E-state index in [2.05, 4.69) is 10.6 Å². The van der Waals surface area contributed by atoms with Crippen molar-refractivity contribution in [1.29, 1.82) is 0 Å². The van der Waals surface area contributed by atoms with Crippen molar-refractivity contribution in [2.45, 2.75) is 13.0 Å². The van der Waals surface area contributed by atoms with Crippen molar-refractivity contribution in [1.82, 2.24) is 5.32 Å². The Morgan fingerprint density at radius 2 is 1.88 bits per heavy atom. The van der Waals surface area contributed by atoms with E-state index in [0.29, 0.717) is 28.9 Å². The molecule has 0 radical (unpaired) electrons. The van der Waals surface area contributed by atoms with Gasteiger partial charge in [-0.3, -0.25) is 14.9 Å². The van der Waals surface area contributed by atoms with Crippen molar-refractivity contribution < 1.29 is 14.5 Å². The SMILES string of the molecule is C[C@@H](Oc1ccc(Cl)cc1Cl)C(=O)NCCNc1ccc([N+](=O)[O-])cc1.